The molecule has 0 atom stereocenters. The molecule has 0 bridgehead atoms. The molecule has 0 aliphatic heterocycles. The van der Waals surface area contributed by atoms with E-state index in [-0.39, 0.29) is 12.6 Å². The van der Waals surface area contributed by atoms with Gasteiger partial charge >= 0.3 is 0 Å². The normalized spacial score (nSPS) is 10.8. The molecule has 0 saturated heterocycles. The average molecular weight is 292 g/mol. The molecule has 1 aromatic heterocycles. The zero-order valence-electron chi connectivity index (χ0n) is 11.6. The first-order valence-electron chi connectivity index (χ1n) is 6.54. The fourth-order valence-corrected chi connectivity index (χ4v) is 2.24. The fourth-order valence-electron chi connectivity index (χ4n) is 2.05. The van der Waals surface area contributed by atoms with Gasteiger partial charge in [0.25, 0.3) is 0 Å². The van der Waals surface area contributed by atoms with Crippen LogP contribution < -0.4 is 4.90 Å². The van der Waals surface area contributed by atoms with Crippen LogP contribution >= 0.6 is 11.6 Å². The van der Waals surface area contributed by atoms with Crippen molar-refractivity contribution in [3.05, 3.63) is 52.9 Å². The first kappa shape index (κ1) is 14.8. The van der Waals surface area contributed by atoms with Crippen LogP contribution in [-0.2, 0) is 13.2 Å². The Hall–Kier alpha value is -1.65. The number of hydrogen-bond acceptors (Lipinski definition) is 4. The van der Waals surface area contributed by atoms with Gasteiger partial charge in [-0.3, -0.25) is 0 Å². The molecular weight excluding hydrogens is 274 g/mol. The molecular formula is C15H18ClN3O. The lowest BCUT2D eigenvalue weighted by Crippen LogP contribution is -2.32. The van der Waals surface area contributed by atoms with Gasteiger partial charge in [0.15, 0.2) is 0 Å². The minimum absolute atomic E-state index is 0.174. The Morgan fingerprint density at radius 1 is 1.20 bits per heavy atom. The highest BCUT2D eigenvalue weighted by atomic mass is 35.5. The van der Waals surface area contributed by atoms with E-state index in [0.29, 0.717) is 23.1 Å². The third-order valence-electron chi connectivity index (χ3n) is 3.12. The summed E-state index contributed by atoms with van der Waals surface area (Å²) in [6, 6.07) is 10.4. The van der Waals surface area contributed by atoms with Crippen LogP contribution in [0.4, 0.5) is 5.82 Å². The van der Waals surface area contributed by atoms with E-state index in [1.807, 2.05) is 18.2 Å². The Labute approximate surface area is 124 Å². The van der Waals surface area contributed by atoms with Gasteiger partial charge in [-0.05, 0) is 19.4 Å². The molecule has 0 amide bonds. The molecule has 0 aliphatic carbocycles. The van der Waals surface area contributed by atoms with Gasteiger partial charge in [-0.25, -0.2) is 9.97 Å². The van der Waals surface area contributed by atoms with Crippen molar-refractivity contribution in [3.63, 3.8) is 0 Å². The topological polar surface area (TPSA) is 49.2 Å². The number of aliphatic hydroxyl groups is 1. The van der Waals surface area contributed by atoms with Crippen molar-refractivity contribution in [3.8, 4) is 0 Å². The molecule has 1 aromatic carbocycles. The van der Waals surface area contributed by atoms with E-state index in [1.54, 1.807) is 0 Å². The van der Waals surface area contributed by atoms with Crippen molar-refractivity contribution in [2.45, 2.75) is 33.0 Å². The van der Waals surface area contributed by atoms with Crippen LogP contribution in [0.2, 0.25) is 5.15 Å². The lowest BCUT2D eigenvalue weighted by molar-refractivity contribution is 0.281. The van der Waals surface area contributed by atoms with Crippen molar-refractivity contribution in [1.82, 2.24) is 9.97 Å². The van der Waals surface area contributed by atoms with E-state index in [4.69, 9.17) is 11.6 Å². The van der Waals surface area contributed by atoms with Crippen LogP contribution in [0.3, 0.4) is 0 Å². The quantitative estimate of drug-likeness (QED) is 0.860. The van der Waals surface area contributed by atoms with E-state index < -0.39 is 0 Å². The van der Waals surface area contributed by atoms with E-state index in [2.05, 4.69) is 40.8 Å². The van der Waals surface area contributed by atoms with E-state index in [0.717, 1.165) is 0 Å². The summed E-state index contributed by atoms with van der Waals surface area (Å²) in [6.07, 6.45) is 1.43. The highest BCUT2D eigenvalue weighted by molar-refractivity contribution is 6.30. The zero-order valence-corrected chi connectivity index (χ0v) is 12.4. The van der Waals surface area contributed by atoms with Crippen LogP contribution in [0.25, 0.3) is 0 Å². The number of anilines is 1. The second-order valence-corrected chi connectivity index (χ2v) is 5.19. The number of hydrogen-bond donors (Lipinski definition) is 1. The van der Waals surface area contributed by atoms with Crippen LogP contribution in [0.5, 0.6) is 0 Å². The van der Waals surface area contributed by atoms with Crippen LogP contribution in [0.15, 0.2) is 36.7 Å². The molecule has 1 N–H and O–H groups in total. The lowest BCUT2D eigenvalue weighted by Gasteiger charge is -2.29. The standard InChI is InChI=1S/C15H18ClN3O/c1-11(2)19(8-12-6-4-3-5-7-12)15-13(9-20)14(16)17-10-18-15/h3-7,10-11,20H,8-9H2,1-2H3. The summed E-state index contributed by atoms with van der Waals surface area (Å²) in [7, 11) is 0. The SMILES string of the molecule is CC(C)N(Cc1ccccc1)c1ncnc(Cl)c1CO. The number of benzene rings is 1. The second-order valence-electron chi connectivity index (χ2n) is 4.83. The number of aliphatic hydroxyl groups excluding tert-OH is 1. The average Bonchev–Trinajstić information content (AvgIpc) is 2.45. The molecule has 0 unspecified atom stereocenters. The molecule has 106 valence electrons. The second kappa shape index (κ2) is 6.68. The zero-order chi connectivity index (χ0) is 14.5. The predicted molar refractivity (Wildman–Crippen MR) is 80.7 cm³/mol. The van der Waals surface area contributed by atoms with Gasteiger partial charge in [-0.2, -0.15) is 0 Å². The van der Waals surface area contributed by atoms with Gasteiger partial charge in [-0.15, -0.1) is 0 Å². The molecule has 1 heterocycles. The summed E-state index contributed by atoms with van der Waals surface area (Å²) in [5, 5.41) is 9.81. The van der Waals surface area contributed by atoms with Gasteiger partial charge in [-0.1, -0.05) is 41.9 Å². The van der Waals surface area contributed by atoms with E-state index in [9.17, 15) is 5.11 Å². The molecule has 4 nitrogen and oxygen atoms in total. The van der Waals surface area contributed by atoms with Crippen molar-refractivity contribution in [2.75, 3.05) is 4.90 Å². The van der Waals surface area contributed by atoms with Gasteiger partial charge < -0.3 is 10.0 Å². The predicted octanol–water partition coefficient (Wildman–Crippen LogP) is 3.04. The van der Waals surface area contributed by atoms with Crippen molar-refractivity contribution >= 4 is 17.4 Å². The summed E-state index contributed by atoms with van der Waals surface area (Å²) in [5.41, 5.74) is 1.75. The molecule has 0 spiro atoms. The van der Waals surface area contributed by atoms with Crippen molar-refractivity contribution < 1.29 is 5.11 Å². The number of nitrogens with zero attached hydrogens (tertiary/aromatic N) is 3. The Kier molecular flexibility index (Phi) is 4.93. The molecule has 20 heavy (non-hydrogen) atoms. The van der Waals surface area contributed by atoms with E-state index >= 15 is 0 Å². The Morgan fingerprint density at radius 2 is 1.90 bits per heavy atom. The number of halogens is 1. The summed E-state index contributed by atoms with van der Waals surface area (Å²) >= 11 is 6.04. The fraction of sp³-hybridized carbons (Fsp3) is 0.333. The van der Waals surface area contributed by atoms with Crippen molar-refractivity contribution in [2.24, 2.45) is 0 Å². The number of aromatic nitrogens is 2. The highest BCUT2D eigenvalue weighted by Gasteiger charge is 2.18. The monoisotopic (exact) mass is 291 g/mol. The van der Waals surface area contributed by atoms with Gasteiger partial charge in [0.05, 0.1) is 12.2 Å². The van der Waals surface area contributed by atoms with E-state index in [1.165, 1.54) is 11.9 Å². The maximum atomic E-state index is 9.50. The molecule has 2 rings (SSSR count). The lowest BCUT2D eigenvalue weighted by atomic mass is 10.1. The van der Waals surface area contributed by atoms with Crippen LogP contribution in [0, 0.1) is 0 Å². The Balaban J connectivity index is 2.37. The minimum atomic E-state index is -0.174. The highest BCUT2D eigenvalue weighted by Crippen LogP contribution is 2.26. The third-order valence-corrected chi connectivity index (χ3v) is 3.45. The minimum Gasteiger partial charge on any atom is -0.391 e. The Morgan fingerprint density at radius 3 is 2.50 bits per heavy atom. The molecule has 0 fully saturated rings. The first-order valence-corrected chi connectivity index (χ1v) is 6.92. The molecule has 2 aromatic rings. The van der Waals surface area contributed by atoms with Crippen LogP contribution in [-0.4, -0.2) is 21.1 Å². The van der Waals surface area contributed by atoms with Crippen LogP contribution in [0.1, 0.15) is 25.0 Å². The summed E-state index contributed by atoms with van der Waals surface area (Å²) in [4.78, 5) is 10.3. The number of rotatable bonds is 5. The summed E-state index contributed by atoms with van der Waals surface area (Å²) in [5.74, 6) is 0.686. The van der Waals surface area contributed by atoms with Gasteiger partial charge in [0.1, 0.15) is 17.3 Å². The molecule has 0 aliphatic rings. The van der Waals surface area contributed by atoms with Gasteiger partial charge in [0.2, 0.25) is 0 Å². The largest absolute Gasteiger partial charge is 0.391 e. The smallest absolute Gasteiger partial charge is 0.140 e. The molecule has 0 radical (unpaired) electrons. The molecule has 0 saturated carbocycles. The summed E-state index contributed by atoms with van der Waals surface area (Å²) < 4.78 is 0. The Bertz CT molecular complexity index is 560. The maximum absolute atomic E-state index is 9.50. The van der Waals surface area contributed by atoms with Gasteiger partial charge in [0, 0.05) is 12.6 Å². The first-order chi connectivity index (χ1) is 9.63. The third kappa shape index (κ3) is 3.26. The maximum Gasteiger partial charge on any atom is 0.140 e. The summed E-state index contributed by atoms with van der Waals surface area (Å²) in [6.45, 7) is 4.70. The van der Waals surface area contributed by atoms with Crippen molar-refractivity contribution in [1.29, 1.82) is 0 Å². The molecule has 5 heteroatoms.